The molecular weight excluding hydrogens is 252 g/mol. The first kappa shape index (κ1) is 15.3. The molecule has 0 radical (unpaired) electrons. The largest absolute Gasteiger partial charge is 0.480 e. The van der Waals surface area contributed by atoms with Gasteiger partial charge in [0.25, 0.3) is 0 Å². The van der Waals surface area contributed by atoms with Gasteiger partial charge in [-0.15, -0.1) is 0 Å². The van der Waals surface area contributed by atoms with Gasteiger partial charge in [-0.2, -0.15) is 0 Å². The molecule has 7 nitrogen and oxygen atoms in total. The predicted octanol–water partition coefficient (Wildman–Crippen LogP) is 0.443. The first-order valence-corrected chi connectivity index (χ1v) is 6.26. The number of aliphatic carboxylic acids is 1. The topological polar surface area (TPSA) is 95.9 Å². The van der Waals surface area contributed by atoms with Crippen LogP contribution < -0.4 is 5.32 Å². The van der Waals surface area contributed by atoms with E-state index in [0.717, 1.165) is 0 Å². The minimum atomic E-state index is -1.09. The van der Waals surface area contributed by atoms with Crippen molar-refractivity contribution in [3.8, 4) is 0 Å². The molecule has 19 heavy (non-hydrogen) atoms. The van der Waals surface area contributed by atoms with Crippen LogP contribution in [0.3, 0.4) is 0 Å². The molecule has 7 heteroatoms. The highest BCUT2D eigenvalue weighted by Crippen LogP contribution is 2.18. The van der Waals surface area contributed by atoms with E-state index >= 15 is 0 Å². The summed E-state index contributed by atoms with van der Waals surface area (Å²) in [5, 5.41) is 11.5. The van der Waals surface area contributed by atoms with Crippen LogP contribution in [-0.2, 0) is 14.3 Å². The number of carboxylic acids is 1. The fourth-order valence-corrected chi connectivity index (χ4v) is 2.12. The number of esters is 1. The summed E-state index contributed by atoms with van der Waals surface area (Å²) in [6.07, 6.45) is 1.24. The van der Waals surface area contributed by atoms with Crippen molar-refractivity contribution in [2.24, 2.45) is 5.92 Å². The van der Waals surface area contributed by atoms with Gasteiger partial charge in [0, 0.05) is 6.54 Å². The molecule has 0 aromatic rings. The highest BCUT2D eigenvalue weighted by atomic mass is 16.5. The number of carbonyl (C=O) groups is 3. The second-order valence-electron chi connectivity index (χ2n) is 4.88. The molecule has 1 aliphatic rings. The molecule has 1 fully saturated rings. The van der Waals surface area contributed by atoms with E-state index in [-0.39, 0.29) is 5.92 Å². The summed E-state index contributed by atoms with van der Waals surface area (Å²) in [4.78, 5) is 35.9. The van der Waals surface area contributed by atoms with Gasteiger partial charge in [-0.1, -0.05) is 13.8 Å². The van der Waals surface area contributed by atoms with Crippen molar-refractivity contribution >= 4 is 18.0 Å². The lowest BCUT2D eigenvalue weighted by molar-refractivity contribution is -0.144. The maximum Gasteiger partial charge on any atom is 0.328 e. The second-order valence-corrected chi connectivity index (χ2v) is 4.88. The molecule has 2 N–H and O–H groups in total. The number of rotatable bonds is 4. The van der Waals surface area contributed by atoms with Gasteiger partial charge in [0.2, 0.25) is 0 Å². The van der Waals surface area contributed by atoms with Gasteiger partial charge >= 0.3 is 18.0 Å². The molecular formula is C12H20N2O5. The zero-order chi connectivity index (χ0) is 14.6. The van der Waals surface area contributed by atoms with E-state index in [1.165, 1.54) is 12.0 Å². The lowest BCUT2D eigenvalue weighted by Gasteiger charge is -2.26. The van der Waals surface area contributed by atoms with Crippen LogP contribution in [0.15, 0.2) is 0 Å². The summed E-state index contributed by atoms with van der Waals surface area (Å²) in [6.45, 7) is 3.84. The molecule has 0 bridgehead atoms. The zero-order valence-electron chi connectivity index (χ0n) is 11.4. The minimum absolute atomic E-state index is 0.236. The Hall–Kier alpha value is -1.79. The molecule has 1 unspecified atom stereocenters. The average Bonchev–Trinajstić information content (AvgIpc) is 2.82. The van der Waals surface area contributed by atoms with E-state index < -0.39 is 30.1 Å². The van der Waals surface area contributed by atoms with Gasteiger partial charge in [0.15, 0.2) is 0 Å². The average molecular weight is 272 g/mol. The number of carboxylic acid groups (broad SMARTS) is 1. The Bertz CT molecular complexity index is 369. The zero-order valence-corrected chi connectivity index (χ0v) is 11.4. The van der Waals surface area contributed by atoms with Crippen LogP contribution in [0.25, 0.3) is 0 Å². The van der Waals surface area contributed by atoms with Gasteiger partial charge in [-0.25, -0.2) is 14.4 Å². The number of hydrogen-bond acceptors (Lipinski definition) is 4. The SMILES string of the molecule is COC(=O)C1CCCN1C(=O)N[C@H](C(=O)O)C(C)C. The normalized spacial score (nSPS) is 20.2. The molecule has 0 aromatic carbocycles. The number of ether oxygens (including phenoxy) is 1. The van der Waals surface area contributed by atoms with Crippen molar-refractivity contribution in [2.45, 2.75) is 38.8 Å². The molecule has 0 spiro atoms. The van der Waals surface area contributed by atoms with Gasteiger partial charge < -0.3 is 20.1 Å². The molecule has 1 heterocycles. The molecule has 108 valence electrons. The van der Waals surface area contributed by atoms with Gasteiger partial charge in [-0.05, 0) is 18.8 Å². The van der Waals surface area contributed by atoms with Gasteiger partial charge in [-0.3, -0.25) is 0 Å². The van der Waals surface area contributed by atoms with Crippen LogP contribution in [0.2, 0.25) is 0 Å². The quantitative estimate of drug-likeness (QED) is 0.724. The molecule has 1 saturated heterocycles. The van der Waals surface area contributed by atoms with E-state index in [0.29, 0.717) is 19.4 Å². The number of hydrogen-bond donors (Lipinski definition) is 2. The third kappa shape index (κ3) is 3.59. The third-order valence-corrected chi connectivity index (χ3v) is 3.20. The van der Waals surface area contributed by atoms with Crippen LogP contribution in [0.5, 0.6) is 0 Å². The van der Waals surface area contributed by atoms with Crippen LogP contribution in [0, 0.1) is 5.92 Å². The summed E-state index contributed by atoms with van der Waals surface area (Å²) < 4.78 is 4.64. The molecule has 0 saturated carbocycles. The van der Waals surface area contributed by atoms with Crippen molar-refractivity contribution in [2.75, 3.05) is 13.7 Å². The summed E-state index contributed by atoms with van der Waals surface area (Å²) in [7, 11) is 1.27. The first-order chi connectivity index (χ1) is 8.88. The maximum atomic E-state index is 12.0. The van der Waals surface area contributed by atoms with Crippen molar-refractivity contribution in [1.82, 2.24) is 10.2 Å². The van der Waals surface area contributed by atoms with Gasteiger partial charge in [0.1, 0.15) is 12.1 Å². The van der Waals surface area contributed by atoms with Crippen molar-refractivity contribution < 1.29 is 24.2 Å². The number of amides is 2. The van der Waals surface area contributed by atoms with Crippen molar-refractivity contribution in [3.05, 3.63) is 0 Å². The number of urea groups is 1. The Labute approximate surface area is 111 Å². The lowest BCUT2D eigenvalue weighted by Crippen LogP contribution is -2.52. The fraction of sp³-hybridized carbons (Fsp3) is 0.750. The molecule has 0 aromatic heterocycles. The third-order valence-electron chi connectivity index (χ3n) is 3.20. The standard InChI is InChI=1S/C12H20N2O5/c1-7(2)9(10(15)16)13-12(18)14-6-4-5-8(14)11(17)19-3/h7-9H,4-6H2,1-3H3,(H,13,18)(H,15,16)/t8?,9-/m0/s1. The van der Waals surface area contributed by atoms with E-state index in [1.807, 2.05) is 0 Å². The predicted molar refractivity (Wildman–Crippen MR) is 66.5 cm³/mol. The molecule has 1 aliphatic heterocycles. The van der Waals surface area contributed by atoms with Crippen molar-refractivity contribution in [1.29, 1.82) is 0 Å². The van der Waals surface area contributed by atoms with E-state index in [4.69, 9.17) is 5.11 Å². The Morgan fingerprint density at radius 3 is 2.47 bits per heavy atom. The Kier molecular flexibility index (Phi) is 5.14. The number of nitrogens with one attached hydrogen (secondary N) is 1. The number of carbonyl (C=O) groups excluding carboxylic acids is 2. The van der Waals surface area contributed by atoms with Crippen LogP contribution >= 0.6 is 0 Å². The Balaban J connectivity index is 2.71. The highest BCUT2D eigenvalue weighted by molar-refractivity contribution is 5.87. The molecule has 2 atom stereocenters. The Morgan fingerprint density at radius 1 is 1.37 bits per heavy atom. The molecule has 2 amide bonds. The van der Waals surface area contributed by atoms with E-state index in [9.17, 15) is 14.4 Å². The monoisotopic (exact) mass is 272 g/mol. The van der Waals surface area contributed by atoms with Crippen molar-refractivity contribution in [3.63, 3.8) is 0 Å². The fourth-order valence-electron chi connectivity index (χ4n) is 2.12. The van der Waals surface area contributed by atoms with Gasteiger partial charge in [0.05, 0.1) is 7.11 Å². The summed E-state index contributed by atoms with van der Waals surface area (Å²) in [5.41, 5.74) is 0. The van der Waals surface area contributed by atoms with E-state index in [1.54, 1.807) is 13.8 Å². The molecule has 0 aliphatic carbocycles. The number of methoxy groups -OCH3 is 1. The summed E-state index contributed by atoms with van der Waals surface area (Å²) >= 11 is 0. The Morgan fingerprint density at radius 2 is 2.00 bits per heavy atom. The number of nitrogens with zero attached hydrogens (tertiary/aromatic N) is 1. The lowest BCUT2D eigenvalue weighted by atomic mass is 10.1. The minimum Gasteiger partial charge on any atom is -0.480 e. The smallest absolute Gasteiger partial charge is 0.328 e. The number of likely N-dealkylation sites (tertiary alicyclic amines) is 1. The molecule has 1 rings (SSSR count). The summed E-state index contributed by atoms with van der Waals surface area (Å²) in [6, 6.07) is -2.12. The van der Waals surface area contributed by atoms with E-state index in [2.05, 4.69) is 10.1 Å². The first-order valence-electron chi connectivity index (χ1n) is 6.26. The summed E-state index contributed by atoms with van der Waals surface area (Å²) in [5.74, 6) is -1.79. The van der Waals surface area contributed by atoms with Crippen LogP contribution in [0.4, 0.5) is 4.79 Å². The van der Waals surface area contributed by atoms with Crippen LogP contribution in [-0.4, -0.2) is 53.7 Å². The highest BCUT2D eigenvalue weighted by Gasteiger charge is 2.36. The van der Waals surface area contributed by atoms with Crippen LogP contribution in [0.1, 0.15) is 26.7 Å². The maximum absolute atomic E-state index is 12.0. The second kappa shape index (κ2) is 6.40.